The summed E-state index contributed by atoms with van der Waals surface area (Å²) < 4.78 is 7.40. The first kappa shape index (κ1) is 21.6. The number of likely N-dealkylation sites (tertiary alicyclic amines) is 1. The number of amides is 1. The van der Waals surface area contributed by atoms with Gasteiger partial charge in [-0.05, 0) is 56.9 Å². The summed E-state index contributed by atoms with van der Waals surface area (Å²) in [5.41, 5.74) is 0.991. The first-order chi connectivity index (χ1) is 14.1. The maximum atomic E-state index is 12.1. The average molecular weight is 419 g/mol. The van der Waals surface area contributed by atoms with Crippen LogP contribution in [0.25, 0.3) is 5.69 Å². The standard InChI is InChI=1S/C21H31N5O2S/c1-4-12-22-19(27)15-29-21-24-23-20(16(2)25-13-6-5-7-14-25)26(21)17-8-10-18(28-3)11-9-17/h8-11,16H,4-7,12-15H2,1-3H3,(H,22,27)/p+1/t16-/m1/s1. The molecule has 2 aromatic rings. The first-order valence-corrected chi connectivity index (χ1v) is 11.5. The summed E-state index contributed by atoms with van der Waals surface area (Å²) in [5.74, 6) is 2.12. The van der Waals surface area contributed by atoms with E-state index >= 15 is 0 Å². The Balaban J connectivity index is 1.86. The SMILES string of the molecule is CCCNC(=O)CSc1nnc([C@@H](C)[NH+]2CCCCC2)n1-c1ccc(OC)cc1. The molecule has 2 heterocycles. The summed E-state index contributed by atoms with van der Waals surface area (Å²) in [7, 11) is 1.66. The van der Waals surface area contributed by atoms with Gasteiger partial charge in [-0.2, -0.15) is 0 Å². The topological polar surface area (TPSA) is 73.5 Å². The van der Waals surface area contributed by atoms with Crippen LogP contribution in [-0.4, -0.2) is 53.2 Å². The second kappa shape index (κ2) is 10.6. The molecule has 158 valence electrons. The first-order valence-electron chi connectivity index (χ1n) is 10.5. The quantitative estimate of drug-likeness (QED) is 0.610. The molecule has 0 unspecified atom stereocenters. The van der Waals surface area contributed by atoms with Gasteiger partial charge in [-0.1, -0.05) is 18.7 Å². The summed E-state index contributed by atoms with van der Waals surface area (Å²) in [6.45, 7) is 7.31. The van der Waals surface area contributed by atoms with Gasteiger partial charge in [0.25, 0.3) is 0 Å². The van der Waals surface area contributed by atoms with Crippen molar-refractivity contribution in [2.75, 3.05) is 32.5 Å². The molecule has 0 spiro atoms. The predicted molar refractivity (Wildman–Crippen MR) is 115 cm³/mol. The lowest BCUT2D eigenvalue weighted by Gasteiger charge is -2.29. The number of thioether (sulfide) groups is 1. The molecule has 7 nitrogen and oxygen atoms in total. The van der Waals surface area contributed by atoms with Crippen molar-refractivity contribution in [1.82, 2.24) is 20.1 Å². The largest absolute Gasteiger partial charge is 0.497 e. The number of piperidine rings is 1. The van der Waals surface area contributed by atoms with Crippen LogP contribution in [0.3, 0.4) is 0 Å². The number of benzene rings is 1. The predicted octanol–water partition coefficient (Wildman–Crippen LogP) is 2.02. The number of carbonyl (C=O) groups is 1. The summed E-state index contributed by atoms with van der Waals surface area (Å²) in [6.07, 6.45) is 4.76. The van der Waals surface area contributed by atoms with E-state index in [1.54, 1.807) is 12.0 Å². The fraction of sp³-hybridized carbons (Fsp3) is 0.571. The smallest absolute Gasteiger partial charge is 0.230 e. The number of rotatable bonds is 9. The Kier molecular flexibility index (Phi) is 7.94. The number of nitrogens with one attached hydrogen (secondary N) is 2. The Hall–Kier alpha value is -2.06. The minimum Gasteiger partial charge on any atom is -0.497 e. The third-order valence-corrected chi connectivity index (χ3v) is 6.32. The lowest BCUT2D eigenvalue weighted by molar-refractivity contribution is -0.935. The zero-order valence-electron chi connectivity index (χ0n) is 17.6. The van der Waals surface area contributed by atoms with Crippen molar-refractivity contribution in [2.45, 2.75) is 50.7 Å². The molecule has 8 heteroatoms. The molecule has 0 radical (unpaired) electrons. The van der Waals surface area contributed by atoms with Crippen LogP contribution in [0.1, 0.15) is 51.4 Å². The molecule has 1 fully saturated rings. The molecule has 0 bridgehead atoms. The van der Waals surface area contributed by atoms with Gasteiger partial charge in [-0.25, -0.2) is 0 Å². The zero-order valence-corrected chi connectivity index (χ0v) is 18.4. The lowest BCUT2D eigenvalue weighted by atomic mass is 10.1. The summed E-state index contributed by atoms with van der Waals surface area (Å²) in [5, 5.41) is 12.7. The van der Waals surface area contributed by atoms with Gasteiger partial charge in [-0.3, -0.25) is 9.36 Å². The second-order valence-corrected chi connectivity index (χ2v) is 8.40. The molecule has 1 amide bonds. The Labute approximate surface area is 177 Å². The van der Waals surface area contributed by atoms with Crippen molar-refractivity contribution < 1.29 is 14.4 Å². The summed E-state index contributed by atoms with van der Waals surface area (Å²) in [4.78, 5) is 13.6. The molecule has 1 aliphatic rings. The van der Waals surface area contributed by atoms with Crippen LogP contribution in [0.15, 0.2) is 29.4 Å². The van der Waals surface area contributed by atoms with Crippen LogP contribution in [0.4, 0.5) is 0 Å². The van der Waals surface area contributed by atoms with Crippen LogP contribution in [0.5, 0.6) is 5.75 Å². The minimum absolute atomic E-state index is 0.0254. The lowest BCUT2D eigenvalue weighted by Crippen LogP contribution is -3.12. The van der Waals surface area contributed by atoms with E-state index in [2.05, 4.69) is 27.0 Å². The molecule has 3 rings (SSSR count). The average Bonchev–Trinajstić information content (AvgIpc) is 3.20. The Morgan fingerprint density at radius 1 is 1.24 bits per heavy atom. The maximum Gasteiger partial charge on any atom is 0.230 e. The van der Waals surface area contributed by atoms with Gasteiger partial charge < -0.3 is 15.0 Å². The van der Waals surface area contributed by atoms with Crippen molar-refractivity contribution in [3.05, 3.63) is 30.1 Å². The summed E-state index contributed by atoms with van der Waals surface area (Å²) in [6, 6.07) is 8.17. The number of quaternary nitrogens is 1. The maximum absolute atomic E-state index is 12.1. The fourth-order valence-electron chi connectivity index (χ4n) is 3.70. The molecule has 1 aliphatic heterocycles. The van der Waals surface area contributed by atoms with Crippen molar-refractivity contribution in [3.8, 4) is 11.4 Å². The van der Waals surface area contributed by atoms with E-state index in [4.69, 9.17) is 4.74 Å². The van der Waals surface area contributed by atoms with Crippen molar-refractivity contribution in [1.29, 1.82) is 0 Å². The van der Waals surface area contributed by atoms with Gasteiger partial charge in [0.1, 0.15) is 11.8 Å². The number of methoxy groups -OCH3 is 1. The number of hydrogen-bond donors (Lipinski definition) is 2. The highest BCUT2D eigenvalue weighted by molar-refractivity contribution is 7.99. The molecule has 1 aromatic heterocycles. The van der Waals surface area contributed by atoms with Crippen molar-refractivity contribution >= 4 is 17.7 Å². The highest BCUT2D eigenvalue weighted by atomic mass is 32.2. The normalized spacial score (nSPS) is 15.8. The molecule has 1 aromatic carbocycles. The van der Waals surface area contributed by atoms with E-state index in [9.17, 15) is 4.79 Å². The van der Waals surface area contributed by atoms with E-state index in [0.717, 1.165) is 28.8 Å². The number of ether oxygens (including phenoxy) is 1. The van der Waals surface area contributed by atoms with Gasteiger partial charge in [0.2, 0.25) is 5.91 Å². The highest BCUT2D eigenvalue weighted by Gasteiger charge is 2.28. The molecule has 0 aliphatic carbocycles. The fourth-order valence-corrected chi connectivity index (χ4v) is 4.48. The molecule has 0 saturated carbocycles. The second-order valence-electron chi connectivity index (χ2n) is 7.45. The van der Waals surface area contributed by atoms with E-state index in [1.807, 2.05) is 31.2 Å². The van der Waals surface area contributed by atoms with Crippen LogP contribution in [0.2, 0.25) is 0 Å². The number of carbonyl (C=O) groups excluding carboxylic acids is 1. The van der Waals surface area contributed by atoms with E-state index in [0.29, 0.717) is 12.3 Å². The molecule has 2 N–H and O–H groups in total. The van der Waals surface area contributed by atoms with Gasteiger partial charge in [0.15, 0.2) is 11.0 Å². The van der Waals surface area contributed by atoms with Crippen LogP contribution in [0, 0.1) is 0 Å². The zero-order chi connectivity index (χ0) is 20.6. The third kappa shape index (κ3) is 5.51. The monoisotopic (exact) mass is 418 g/mol. The third-order valence-electron chi connectivity index (χ3n) is 5.39. The molecule has 29 heavy (non-hydrogen) atoms. The van der Waals surface area contributed by atoms with Crippen LogP contribution >= 0.6 is 11.8 Å². The van der Waals surface area contributed by atoms with Crippen molar-refractivity contribution in [3.63, 3.8) is 0 Å². The number of aromatic nitrogens is 3. The van der Waals surface area contributed by atoms with Gasteiger partial charge >= 0.3 is 0 Å². The van der Waals surface area contributed by atoms with Crippen molar-refractivity contribution in [2.24, 2.45) is 0 Å². The Morgan fingerprint density at radius 2 is 1.97 bits per heavy atom. The van der Waals surface area contributed by atoms with Gasteiger partial charge in [-0.15, -0.1) is 10.2 Å². The van der Waals surface area contributed by atoms with Crippen LogP contribution in [-0.2, 0) is 4.79 Å². The minimum atomic E-state index is 0.0254. The molecular formula is C21H32N5O2S+. The van der Waals surface area contributed by atoms with E-state index in [-0.39, 0.29) is 11.9 Å². The molecule has 1 atom stereocenters. The number of hydrogen-bond acceptors (Lipinski definition) is 5. The van der Waals surface area contributed by atoms with Gasteiger partial charge in [0, 0.05) is 12.2 Å². The van der Waals surface area contributed by atoms with Gasteiger partial charge in [0.05, 0.1) is 26.0 Å². The van der Waals surface area contributed by atoms with Crippen LogP contribution < -0.4 is 15.0 Å². The van der Waals surface area contributed by atoms with E-state index < -0.39 is 0 Å². The Morgan fingerprint density at radius 3 is 2.62 bits per heavy atom. The molecule has 1 saturated heterocycles. The highest BCUT2D eigenvalue weighted by Crippen LogP contribution is 2.26. The van der Waals surface area contributed by atoms with E-state index in [1.165, 1.54) is 44.1 Å². The summed E-state index contributed by atoms with van der Waals surface area (Å²) >= 11 is 1.43. The Bertz CT molecular complexity index is 787. The number of nitrogens with zero attached hydrogens (tertiary/aromatic N) is 3. The molecular weight excluding hydrogens is 386 g/mol.